The lowest BCUT2D eigenvalue weighted by molar-refractivity contribution is -0.0328. The van der Waals surface area contributed by atoms with Gasteiger partial charge < -0.3 is 5.32 Å². The topological polar surface area (TPSA) is 12.0 Å². The molecule has 0 aromatic heterocycles. The second-order valence-corrected chi connectivity index (χ2v) is 7.15. The molecule has 0 heterocycles. The van der Waals surface area contributed by atoms with Gasteiger partial charge in [-0.05, 0) is 60.7 Å². The molecule has 2 rings (SSSR count). The third-order valence-corrected chi connectivity index (χ3v) is 4.85. The summed E-state index contributed by atoms with van der Waals surface area (Å²) < 4.78 is 36.9. The highest BCUT2D eigenvalue weighted by Crippen LogP contribution is 2.37. The van der Waals surface area contributed by atoms with Crippen LogP contribution in [0.3, 0.4) is 0 Å². The molecule has 0 aliphatic heterocycles. The highest BCUT2D eigenvalue weighted by molar-refractivity contribution is 8.00. The summed E-state index contributed by atoms with van der Waals surface area (Å²) >= 11 is -0.0668. The van der Waals surface area contributed by atoms with Gasteiger partial charge in [0.2, 0.25) is 0 Å². The monoisotopic (exact) mass is 317 g/mol. The summed E-state index contributed by atoms with van der Waals surface area (Å²) in [4.78, 5) is 0.233. The molecule has 1 nitrogen and oxygen atoms in total. The molecule has 0 spiro atoms. The van der Waals surface area contributed by atoms with Crippen LogP contribution in [0.5, 0.6) is 0 Å². The number of anilines is 1. The number of thioether (sulfide) groups is 1. The van der Waals surface area contributed by atoms with Crippen molar-refractivity contribution in [1.29, 1.82) is 0 Å². The van der Waals surface area contributed by atoms with Crippen molar-refractivity contribution in [2.75, 3.05) is 5.32 Å². The number of nitrogens with one attached hydrogen (secondary N) is 1. The number of hydrogen-bond acceptors (Lipinski definition) is 2. The minimum atomic E-state index is -4.22. The van der Waals surface area contributed by atoms with Crippen LogP contribution in [0, 0.1) is 11.8 Å². The number of rotatable bonds is 4. The molecular formula is C16H22F3NS. The fourth-order valence-corrected chi connectivity index (χ4v) is 3.64. The van der Waals surface area contributed by atoms with Crippen LogP contribution in [-0.4, -0.2) is 11.6 Å². The van der Waals surface area contributed by atoms with E-state index in [1.54, 1.807) is 12.1 Å². The first-order valence-electron chi connectivity index (χ1n) is 7.47. The maximum absolute atomic E-state index is 12.3. The van der Waals surface area contributed by atoms with E-state index in [-0.39, 0.29) is 16.7 Å². The van der Waals surface area contributed by atoms with Crippen molar-refractivity contribution in [2.24, 2.45) is 11.8 Å². The molecule has 1 aromatic carbocycles. The highest BCUT2D eigenvalue weighted by Gasteiger charge is 2.29. The average Bonchev–Trinajstić information content (AvgIpc) is 2.40. The smallest absolute Gasteiger partial charge is 0.382 e. The Morgan fingerprint density at radius 1 is 1.10 bits per heavy atom. The van der Waals surface area contributed by atoms with Gasteiger partial charge in [-0.1, -0.05) is 26.7 Å². The van der Waals surface area contributed by atoms with Gasteiger partial charge >= 0.3 is 5.51 Å². The van der Waals surface area contributed by atoms with Crippen LogP contribution in [-0.2, 0) is 0 Å². The van der Waals surface area contributed by atoms with Crippen molar-refractivity contribution in [3.8, 4) is 0 Å². The van der Waals surface area contributed by atoms with Gasteiger partial charge in [0.1, 0.15) is 0 Å². The van der Waals surface area contributed by atoms with Crippen molar-refractivity contribution in [2.45, 2.75) is 56.0 Å². The molecule has 1 N–H and O–H groups in total. The lowest BCUT2D eigenvalue weighted by Gasteiger charge is -2.35. The van der Waals surface area contributed by atoms with Crippen LogP contribution in [0.1, 0.15) is 39.5 Å². The molecule has 5 heteroatoms. The fourth-order valence-electron chi connectivity index (χ4n) is 3.10. The van der Waals surface area contributed by atoms with Gasteiger partial charge in [0.15, 0.2) is 0 Å². The van der Waals surface area contributed by atoms with Gasteiger partial charge in [-0.25, -0.2) is 0 Å². The number of alkyl halides is 3. The fraction of sp³-hybridized carbons (Fsp3) is 0.625. The van der Waals surface area contributed by atoms with Crippen molar-refractivity contribution in [1.82, 2.24) is 0 Å². The third-order valence-electron chi connectivity index (χ3n) is 4.12. The average molecular weight is 317 g/mol. The summed E-state index contributed by atoms with van der Waals surface area (Å²) in [6.45, 7) is 4.49. The van der Waals surface area contributed by atoms with E-state index in [9.17, 15) is 13.2 Å². The summed E-state index contributed by atoms with van der Waals surface area (Å²) in [6.07, 6.45) is 4.88. The second kappa shape index (κ2) is 6.95. The van der Waals surface area contributed by atoms with Gasteiger partial charge in [0.05, 0.1) is 0 Å². The van der Waals surface area contributed by atoms with E-state index < -0.39 is 5.51 Å². The van der Waals surface area contributed by atoms with Crippen LogP contribution in [0.2, 0.25) is 0 Å². The lowest BCUT2D eigenvalue weighted by Crippen LogP contribution is -2.35. The third kappa shape index (κ3) is 5.13. The first kappa shape index (κ1) is 16.5. The van der Waals surface area contributed by atoms with E-state index in [4.69, 9.17) is 0 Å². The summed E-state index contributed by atoms with van der Waals surface area (Å²) in [7, 11) is 0. The Morgan fingerprint density at radius 2 is 1.71 bits per heavy atom. The Morgan fingerprint density at radius 3 is 2.29 bits per heavy atom. The zero-order valence-corrected chi connectivity index (χ0v) is 13.2. The molecule has 0 bridgehead atoms. The van der Waals surface area contributed by atoms with E-state index in [0.29, 0.717) is 17.9 Å². The Balaban J connectivity index is 1.99. The summed E-state index contributed by atoms with van der Waals surface area (Å²) in [5.74, 6) is 1.27. The minimum Gasteiger partial charge on any atom is -0.382 e. The van der Waals surface area contributed by atoms with Crippen molar-refractivity contribution < 1.29 is 13.2 Å². The number of hydrogen-bond donors (Lipinski definition) is 1. The molecule has 2 atom stereocenters. The van der Waals surface area contributed by atoms with E-state index in [1.165, 1.54) is 31.4 Å². The summed E-state index contributed by atoms with van der Waals surface area (Å²) in [5, 5.41) is 3.51. The Labute approximate surface area is 128 Å². The van der Waals surface area contributed by atoms with Crippen LogP contribution >= 0.6 is 11.8 Å². The van der Waals surface area contributed by atoms with Gasteiger partial charge in [-0.15, -0.1) is 0 Å². The molecule has 0 amide bonds. The maximum atomic E-state index is 12.3. The van der Waals surface area contributed by atoms with Crippen LogP contribution in [0.4, 0.5) is 18.9 Å². The lowest BCUT2D eigenvalue weighted by atomic mass is 9.78. The van der Waals surface area contributed by atoms with Crippen LogP contribution < -0.4 is 5.32 Å². The largest absolute Gasteiger partial charge is 0.446 e. The molecule has 0 saturated heterocycles. The Hall–Kier alpha value is -0.840. The highest BCUT2D eigenvalue weighted by atomic mass is 32.2. The van der Waals surface area contributed by atoms with Crippen LogP contribution in [0.15, 0.2) is 29.2 Å². The molecule has 2 unspecified atom stereocenters. The molecule has 1 fully saturated rings. The van der Waals surface area contributed by atoms with E-state index in [1.807, 2.05) is 0 Å². The zero-order chi connectivity index (χ0) is 15.5. The Bertz CT molecular complexity index is 442. The van der Waals surface area contributed by atoms with Gasteiger partial charge in [0.25, 0.3) is 0 Å². The van der Waals surface area contributed by atoms with Crippen molar-refractivity contribution >= 4 is 17.4 Å². The molecule has 0 radical (unpaired) electrons. The summed E-state index contributed by atoms with van der Waals surface area (Å²) in [5.41, 5.74) is -3.31. The second-order valence-electron chi connectivity index (χ2n) is 6.02. The predicted octanol–water partition coefficient (Wildman–Crippen LogP) is 5.93. The molecule has 1 aliphatic rings. The quantitative estimate of drug-likeness (QED) is 0.691. The molecule has 118 valence electrons. The van der Waals surface area contributed by atoms with Gasteiger partial charge in [-0.3, -0.25) is 0 Å². The number of halogens is 3. The minimum absolute atomic E-state index is 0.0668. The summed E-state index contributed by atoms with van der Waals surface area (Å²) in [6, 6.07) is 7.00. The predicted molar refractivity (Wildman–Crippen MR) is 82.6 cm³/mol. The number of benzene rings is 1. The standard InChI is InChI=1S/C16H22F3NS/c1-11(2)14-5-3-4-6-15(14)20-12-7-9-13(10-8-12)21-16(17,18)19/h7-11,14-15,20H,3-6H2,1-2H3. The van der Waals surface area contributed by atoms with Crippen molar-refractivity contribution in [3.05, 3.63) is 24.3 Å². The first-order valence-corrected chi connectivity index (χ1v) is 8.29. The van der Waals surface area contributed by atoms with E-state index in [2.05, 4.69) is 19.2 Å². The maximum Gasteiger partial charge on any atom is 0.446 e. The van der Waals surface area contributed by atoms with E-state index in [0.717, 1.165) is 12.1 Å². The normalized spacial score (nSPS) is 23.3. The molecule has 1 saturated carbocycles. The first-order chi connectivity index (χ1) is 9.85. The molecule has 21 heavy (non-hydrogen) atoms. The van der Waals surface area contributed by atoms with Crippen LogP contribution in [0.25, 0.3) is 0 Å². The van der Waals surface area contributed by atoms with E-state index >= 15 is 0 Å². The molecular weight excluding hydrogens is 295 g/mol. The zero-order valence-electron chi connectivity index (χ0n) is 12.4. The van der Waals surface area contributed by atoms with Crippen molar-refractivity contribution in [3.63, 3.8) is 0 Å². The SMILES string of the molecule is CC(C)C1CCCCC1Nc1ccc(SC(F)(F)F)cc1. The van der Waals surface area contributed by atoms with Gasteiger partial charge in [0, 0.05) is 16.6 Å². The molecule has 1 aliphatic carbocycles. The van der Waals surface area contributed by atoms with Gasteiger partial charge in [-0.2, -0.15) is 13.2 Å². The molecule has 1 aromatic rings. The Kier molecular flexibility index (Phi) is 5.47.